The molecule has 1 radical (unpaired) electrons. The summed E-state index contributed by atoms with van der Waals surface area (Å²) in [7, 11) is 0. The largest absolute Gasteiger partial charge is 0.481 e. The molecule has 77 valence electrons. The van der Waals surface area contributed by atoms with Crippen LogP contribution in [0.5, 0.6) is 0 Å². The zero-order chi connectivity index (χ0) is 9.98. The van der Waals surface area contributed by atoms with Gasteiger partial charge in [0, 0.05) is 31.5 Å². The Kier molecular flexibility index (Phi) is 19.8. The third-order valence-electron chi connectivity index (χ3n) is 0.940. The van der Waals surface area contributed by atoms with Crippen LogP contribution in [-0.4, -0.2) is 23.5 Å². The normalized spacial score (nSPS) is 7.31. The summed E-state index contributed by atoms with van der Waals surface area (Å²) in [5.74, 6) is -1.14. The number of nitrogens with one attached hydrogen (secondary N) is 1. The second kappa shape index (κ2) is 14.1. The van der Waals surface area contributed by atoms with E-state index in [9.17, 15) is 9.59 Å². The zero-order valence-corrected chi connectivity index (χ0v) is 9.73. The minimum atomic E-state index is -0.939. The third kappa shape index (κ3) is 18.5. The summed E-state index contributed by atoms with van der Waals surface area (Å²) < 4.78 is 0. The summed E-state index contributed by atoms with van der Waals surface area (Å²) in [6.45, 7) is 6.34. The molecule has 1 amide bonds. The Morgan fingerprint density at radius 2 is 1.69 bits per heavy atom. The molecule has 0 aliphatic carbocycles. The van der Waals surface area contributed by atoms with Crippen molar-refractivity contribution in [3.05, 3.63) is 0 Å². The molecule has 0 atom stereocenters. The van der Waals surface area contributed by atoms with Crippen LogP contribution in [0.15, 0.2) is 0 Å². The number of carbonyl (C=O) groups excluding carboxylic acids is 1. The molecule has 5 heteroatoms. The first-order valence-corrected chi connectivity index (χ1v) is 4.15. The van der Waals surface area contributed by atoms with Crippen molar-refractivity contribution < 1.29 is 33.3 Å². The van der Waals surface area contributed by atoms with Gasteiger partial charge in [-0.05, 0) is 6.92 Å². The van der Waals surface area contributed by atoms with Crippen molar-refractivity contribution in [2.45, 2.75) is 33.6 Å². The van der Waals surface area contributed by atoms with E-state index in [2.05, 4.69) is 5.32 Å². The maximum Gasteiger partial charge on any atom is 0.303 e. The van der Waals surface area contributed by atoms with Gasteiger partial charge in [-0.3, -0.25) is 9.59 Å². The van der Waals surface area contributed by atoms with Gasteiger partial charge in [-0.2, -0.15) is 0 Å². The molecule has 0 saturated carbocycles. The molecule has 0 aromatic carbocycles. The molecule has 4 nitrogen and oxygen atoms in total. The summed E-state index contributed by atoms with van der Waals surface area (Å²) in [5, 5.41) is 10.6. The van der Waals surface area contributed by atoms with Crippen molar-refractivity contribution >= 4 is 11.9 Å². The molecule has 0 heterocycles. The number of aliphatic carboxylic acids is 1. The smallest absolute Gasteiger partial charge is 0.303 e. The molecule has 2 N–H and O–H groups in total. The predicted molar refractivity (Wildman–Crippen MR) is 46.9 cm³/mol. The van der Waals surface area contributed by atoms with Gasteiger partial charge < -0.3 is 10.4 Å². The van der Waals surface area contributed by atoms with Crippen molar-refractivity contribution in [3.8, 4) is 0 Å². The molecule has 0 aromatic rings. The summed E-state index contributed by atoms with van der Waals surface area (Å²) in [6.07, 6.45) is -0.0188. The second-order valence-corrected chi connectivity index (χ2v) is 1.85. The number of rotatable bonds is 4. The van der Waals surface area contributed by atoms with Crippen LogP contribution in [-0.2, 0) is 28.1 Å². The summed E-state index contributed by atoms with van der Waals surface area (Å²) >= 11 is 0. The van der Waals surface area contributed by atoms with E-state index in [0.29, 0.717) is 6.54 Å². The molecule has 0 aromatic heterocycles. The van der Waals surface area contributed by atoms with Crippen molar-refractivity contribution in [3.63, 3.8) is 0 Å². The Morgan fingerprint density at radius 1 is 1.23 bits per heavy atom. The van der Waals surface area contributed by atoms with Gasteiger partial charge in [0.2, 0.25) is 5.91 Å². The molecule has 0 aliphatic rings. The van der Waals surface area contributed by atoms with Crippen LogP contribution >= 0.6 is 0 Å². The molecule has 0 spiro atoms. The minimum absolute atomic E-state index is 0. The predicted octanol–water partition coefficient (Wildman–Crippen LogP) is 1.01. The number of amides is 1. The van der Waals surface area contributed by atoms with E-state index in [1.54, 1.807) is 6.92 Å². The second-order valence-electron chi connectivity index (χ2n) is 1.85. The van der Waals surface area contributed by atoms with Crippen LogP contribution in [0.1, 0.15) is 33.6 Å². The van der Waals surface area contributed by atoms with Crippen LogP contribution in [0.4, 0.5) is 0 Å². The molecule has 0 saturated heterocycles. The number of hydrogen-bond acceptors (Lipinski definition) is 2. The van der Waals surface area contributed by atoms with E-state index in [1.807, 2.05) is 13.8 Å². The fourth-order valence-corrected chi connectivity index (χ4v) is 0.506. The van der Waals surface area contributed by atoms with Crippen LogP contribution in [0.25, 0.3) is 0 Å². The van der Waals surface area contributed by atoms with Crippen LogP contribution in [0, 0.1) is 0 Å². The van der Waals surface area contributed by atoms with Gasteiger partial charge in [-0.25, -0.2) is 0 Å². The quantitative estimate of drug-likeness (QED) is 0.751. The van der Waals surface area contributed by atoms with E-state index >= 15 is 0 Å². The SMILES string of the molecule is CC.CCNC(=O)CCC(=O)O.[V]. The van der Waals surface area contributed by atoms with Gasteiger partial charge in [-0.1, -0.05) is 13.8 Å². The van der Waals surface area contributed by atoms with Gasteiger partial charge >= 0.3 is 5.97 Å². The van der Waals surface area contributed by atoms with E-state index in [1.165, 1.54) is 0 Å². The Morgan fingerprint density at radius 3 is 2.00 bits per heavy atom. The average Bonchev–Trinajstić information content (AvgIpc) is 2.05. The molecule has 0 bridgehead atoms. The number of carboxylic acids is 1. The topological polar surface area (TPSA) is 66.4 Å². The third-order valence-corrected chi connectivity index (χ3v) is 0.940. The first-order valence-electron chi connectivity index (χ1n) is 4.15. The summed E-state index contributed by atoms with van der Waals surface area (Å²) in [6, 6.07) is 0. The van der Waals surface area contributed by atoms with E-state index in [0.717, 1.165) is 0 Å². The molecule has 0 unspecified atom stereocenters. The maximum absolute atomic E-state index is 10.6. The number of carboxylic acid groups (broad SMARTS) is 1. The molecule has 0 rings (SSSR count). The zero-order valence-electron chi connectivity index (χ0n) is 8.33. The summed E-state index contributed by atoms with van der Waals surface area (Å²) in [4.78, 5) is 20.5. The van der Waals surface area contributed by atoms with Gasteiger partial charge in [-0.15, -0.1) is 0 Å². The molecule has 0 fully saturated rings. The monoisotopic (exact) mass is 226 g/mol. The average molecular weight is 226 g/mol. The Bertz CT molecular complexity index is 139. The molecular weight excluding hydrogens is 209 g/mol. The minimum Gasteiger partial charge on any atom is -0.481 e. The molecular formula is C8H17NO3V. The first kappa shape index (κ1) is 18.3. The Balaban J connectivity index is -0.000000309. The van der Waals surface area contributed by atoms with Crippen molar-refractivity contribution in [1.29, 1.82) is 0 Å². The first-order chi connectivity index (χ1) is 5.66. The van der Waals surface area contributed by atoms with Gasteiger partial charge in [0.25, 0.3) is 0 Å². The van der Waals surface area contributed by atoms with Crippen LogP contribution in [0.2, 0.25) is 0 Å². The van der Waals surface area contributed by atoms with Gasteiger partial charge in [0.1, 0.15) is 0 Å². The van der Waals surface area contributed by atoms with Gasteiger partial charge in [0.15, 0.2) is 0 Å². The Labute approximate surface area is 91.0 Å². The molecule has 0 aliphatic heterocycles. The standard InChI is InChI=1S/C6H11NO3.C2H6.V/c1-2-7-5(8)3-4-6(9)10;1-2;/h2-4H2,1H3,(H,7,8)(H,9,10);1-2H3;. The van der Waals surface area contributed by atoms with Gasteiger partial charge in [0.05, 0.1) is 6.42 Å². The maximum atomic E-state index is 10.6. The fourth-order valence-electron chi connectivity index (χ4n) is 0.506. The van der Waals surface area contributed by atoms with Crippen LogP contribution < -0.4 is 5.32 Å². The number of carbonyl (C=O) groups is 2. The van der Waals surface area contributed by atoms with Crippen molar-refractivity contribution in [2.24, 2.45) is 0 Å². The Hall–Kier alpha value is -0.476. The van der Waals surface area contributed by atoms with E-state index in [4.69, 9.17) is 5.11 Å². The van der Waals surface area contributed by atoms with E-state index < -0.39 is 5.97 Å². The van der Waals surface area contributed by atoms with Crippen molar-refractivity contribution in [2.75, 3.05) is 6.54 Å². The molecule has 13 heavy (non-hydrogen) atoms. The number of hydrogen-bond donors (Lipinski definition) is 2. The summed E-state index contributed by atoms with van der Waals surface area (Å²) in [5.41, 5.74) is 0. The van der Waals surface area contributed by atoms with Crippen LogP contribution in [0.3, 0.4) is 0 Å². The fraction of sp³-hybridized carbons (Fsp3) is 0.750. The van der Waals surface area contributed by atoms with Crippen molar-refractivity contribution in [1.82, 2.24) is 5.32 Å². The van der Waals surface area contributed by atoms with E-state index in [-0.39, 0.29) is 37.3 Å².